The predicted molar refractivity (Wildman–Crippen MR) is 85.7 cm³/mol. The van der Waals surface area contributed by atoms with Crippen LogP contribution in [0.25, 0.3) is 22.6 Å². The van der Waals surface area contributed by atoms with E-state index in [1.165, 1.54) is 0 Å². The van der Waals surface area contributed by atoms with E-state index in [-0.39, 0.29) is 6.04 Å². The van der Waals surface area contributed by atoms with Crippen molar-refractivity contribution in [1.82, 2.24) is 14.5 Å². The van der Waals surface area contributed by atoms with E-state index < -0.39 is 0 Å². The van der Waals surface area contributed by atoms with E-state index in [4.69, 9.17) is 10.7 Å². The Balaban J connectivity index is 2.22. The second-order valence-electron chi connectivity index (χ2n) is 5.24. The molecule has 0 aliphatic heterocycles. The second kappa shape index (κ2) is 5.40. The molecule has 0 radical (unpaired) electrons. The minimum Gasteiger partial charge on any atom is -0.383 e. The topological polar surface area (TPSA) is 56.7 Å². The van der Waals surface area contributed by atoms with Crippen molar-refractivity contribution in [3.63, 3.8) is 0 Å². The second-order valence-corrected chi connectivity index (χ2v) is 5.24. The zero-order chi connectivity index (χ0) is 14.8. The summed E-state index contributed by atoms with van der Waals surface area (Å²) >= 11 is 0. The number of hydrogen-bond donors (Lipinski definition) is 1. The first-order valence-electron chi connectivity index (χ1n) is 7.02. The zero-order valence-electron chi connectivity index (χ0n) is 12.2. The number of hydrogen-bond acceptors (Lipinski definition) is 3. The molecule has 106 valence electrons. The molecule has 0 saturated heterocycles. The van der Waals surface area contributed by atoms with Gasteiger partial charge in [-0.25, -0.2) is 4.98 Å². The summed E-state index contributed by atoms with van der Waals surface area (Å²) in [6, 6.07) is 14.2. The number of benzene rings is 1. The van der Waals surface area contributed by atoms with Gasteiger partial charge in [-0.05, 0) is 26.0 Å². The number of pyridine rings is 1. The maximum Gasteiger partial charge on any atom is 0.142 e. The van der Waals surface area contributed by atoms with Gasteiger partial charge in [-0.2, -0.15) is 0 Å². The van der Waals surface area contributed by atoms with Crippen LogP contribution in [0, 0.1) is 0 Å². The Kier molecular flexibility index (Phi) is 3.44. The third kappa shape index (κ3) is 2.40. The number of nitrogens with two attached hydrogens (primary N) is 1. The van der Waals surface area contributed by atoms with Crippen molar-refractivity contribution < 1.29 is 0 Å². The molecule has 0 fully saturated rings. The molecule has 0 saturated carbocycles. The van der Waals surface area contributed by atoms with Crippen molar-refractivity contribution in [1.29, 1.82) is 0 Å². The molecular weight excluding hydrogens is 260 g/mol. The van der Waals surface area contributed by atoms with Gasteiger partial charge >= 0.3 is 0 Å². The first kappa shape index (κ1) is 13.4. The van der Waals surface area contributed by atoms with Crippen LogP contribution in [0.2, 0.25) is 0 Å². The van der Waals surface area contributed by atoms with Crippen LogP contribution >= 0.6 is 0 Å². The molecule has 4 heteroatoms. The summed E-state index contributed by atoms with van der Waals surface area (Å²) in [5.74, 6) is 1.57. The van der Waals surface area contributed by atoms with Gasteiger partial charge < -0.3 is 10.3 Å². The SMILES string of the molecule is CC(C)n1c(-c2ccccc2)nc(-c2cccnc2)c1N. The van der Waals surface area contributed by atoms with Gasteiger partial charge in [0.25, 0.3) is 0 Å². The van der Waals surface area contributed by atoms with Crippen LogP contribution in [0.15, 0.2) is 54.9 Å². The van der Waals surface area contributed by atoms with Gasteiger partial charge in [-0.15, -0.1) is 0 Å². The number of aromatic nitrogens is 3. The van der Waals surface area contributed by atoms with E-state index in [1.54, 1.807) is 12.4 Å². The normalized spacial score (nSPS) is 11.0. The molecule has 4 nitrogen and oxygen atoms in total. The van der Waals surface area contributed by atoms with Crippen LogP contribution in [0.3, 0.4) is 0 Å². The highest BCUT2D eigenvalue weighted by Gasteiger charge is 2.19. The molecule has 0 unspecified atom stereocenters. The Labute approximate surface area is 124 Å². The van der Waals surface area contributed by atoms with E-state index >= 15 is 0 Å². The Morgan fingerprint density at radius 2 is 1.71 bits per heavy atom. The maximum absolute atomic E-state index is 6.35. The van der Waals surface area contributed by atoms with E-state index in [9.17, 15) is 0 Å². The van der Waals surface area contributed by atoms with Crippen molar-refractivity contribution in [3.05, 3.63) is 54.9 Å². The average Bonchev–Trinajstić information content (AvgIpc) is 2.87. The number of anilines is 1. The van der Waals surface area contributed by atoms with E-state index in [0.29, 0.717) is 5.82 Å². The molecule has 0 bridgehead atoms. The molecular formula is C17H18N4. The highest BCUT2D eigenvalue weighted by atomic mass is 15.2. The van der Waals surface area contributed by atoms with Crippen LogP contribution in [0.4, 0.5) is 5.82 Å². The molecule has 0 amide bonds. The highest BCUT2D eigenvalue weighted by molar-refractivity contribution is 5.75. The fourth-order valence-corrected chi connectivity index (χ4v) is 2.47. The fraction of sp³-hybridized carbons (Fsp3) is 0.176. The number of nitrogen functional groups attached to an aromatic ring is 1. The quantitative estimate of drug-likeness (QED) is 0.793. The van der Waals surface area contributed by atoms with Gasteiger partial charge in [0.15, 0.2) is 0 Å². The third-order valence-electron chi connectivity index (χ3n) is 3.43. The average molecular weight is 278 g/mol. The van der Waals surface area contributed by atoms with Gasteiger partial charge in [-0.3, -0.25) is 4.98 Å². The van der Waals surface area contributed by atoms with Gasteiger partial charge in [0.05, 0.1) is 0 Å². The standard InChI is InChI=1S/C17H18N4/c1-12(2)21-16(18)15(14-9-6-10-19-11-14)20-17(21)13-7-4-3-5-8-13/h3-12H,18H2,1-2H3. The summed E-state index contributed by atoms with van der Waals surface area (Å²) in [5, 5.41) is 0. The van der Waals surface area contributed by atoms with Crippen molar-refractivity contribution in [2.24, 2.45) is 0 Å². The molecule has 0 aliphatic carbocycles. The van der Waals surface area contributed by atoms with E-state index in [1.807, 2.05) is 42.5 Å². The molecule has 3 aromatic rings. The molecule has 2 N–H and O–H groups in total. The minimum absolute atomic E-state index is 0.234. The molecule has 0 aliphatic rings. The lowest BCUT2D eigenvalue weighted by atomic mass is 10.2. The summed E-state index contributed by atoms with van der Waals surface area (Å²) in [7, 11) is 0. The monoisotopic (exact) mass is 278 g/mol. The van der Waals surface area contributed by atoms with Crippen molar-refractivity contribution in [3.8, 4) is 22.6 Å². The summed E-state index contributed by atoms with van der Waals surface area (Å²) in [4.78, 5) is 8.92. The molecule has 21 heavy (non-hydrogen) atoms. The van der Waals surface area contributed by atoms with Crippen molar-refractivity contribution in [2.45, 2.75) is 19.9 Å². The van der Waals surface area contributed by atoms with Crippen LogP contribution in [-0.4, -0.2) is 14.5 Å². The summed E-state index contributed by atoms with van der Waals surface area (Å²) in [6.45, 7) is 4.22. The molecule has 3 rings (SSSR count). The smallest absolute Gasteiger partial charge is 0.142 e. The van der Waals surface area contributed by atoms with Crippen molar-refractivity contribution in [2.75, 3.05) is 5.73 Å². The maximum atomic E-state index is 6.35. The van der Waals surface area contributed by atoms with Crippen molar-refractivity contribution >= 4 is 5.82 Å². The Hall–Kier alpha value is -2.62. The highest BCUT2D eigenvalue weighted by Crippen LogP contribution is 2.33. The van der Waals surface area contributed by atoms with Gasteiger partial charge in [-0.1, -0.05) is 30.3 Å². The zero-order valence-corrected chi connectivity index (χ0v) is 12.2. The number of imidazole rings is 1. The van der Waals surface area contributed by atoms with E-state index in [2.05, 4.69) is 23.4 Å². The molecule has 0 atom stereocenters. The van der Waals surface area contributed by atoms with Gasteiger partial charge in [0, 0.05) is 29.6 Å². The predicted octanol–water partition coefficient (Wildman–Crippen LogP) is 3.78. The molecule has 1 aromatic carbocycles. The molecule has 2 heterocycles. The summed E-state index contributed by atoms with van der Waals surface area (Å²) in [6.07, 6.45) is 3.54. The Bertz CT molecular complexity index is 730. The van der Waals surface area contributed by atoms with Gasteiger partial charge in [0.2, 0.25) is 0 Å². The Morgan fingerprint density at radius 1 is 1.00 bits per heavy atom. The molecule has 0 spiro atoms. The number of rotatable bonds is 3. The fourth-order valence-electron chi connectivity index (χ4n) is 2.47. The first-order chi connectivity index (χ1) is 10.2. The van der Waals surface area contributed by atoms with Crippen LogP contribution in [0.1, 0.15) is 19.9 Å². The van der Waals surface area contributed by atoms with Gasteiger partial charge in [0.1, 0.15) is 17.3 Å². The van der Waals surface area contributed by atoms with Crippen LogP contribution < -0.4 is 5.73 Å². The summed E-state index contributed by atoms with van der Waals surface area (Å²) in [5.41, 5.74) is 9.13. The lowest BCUT2D eigenvalue weighted by molar-refractivity contribution is 0.614. The third-order valence-corrected chi connectivity index (χ3v) is 3.43. The van der Waals surface area contributed by atoms with Crippen LogP contribution in [-0.2, 0) is 0 Å². The summed E-state index contributed by atoms with van der Waals surface area (Å²) < 4.78 is 2.07. The lowest BCUT2D eigenvalue weighted by Crippen LogP contribution is -2.07. The number of nitrogens with zero attached hydrogens (tertiary/aromatic N) is 3. The van der Waals surface area contributed by atoms with E-state index in [0.717, 1.165) is 22.6 Å². The lowest BCUT2D eigenvalue weighted by Gasteiger charge is -2.13. The largest absolute Gasteiger partial charge is 0.383 e. The Morgan fingerprint density at radius 3 is 2.33 bits per heavy atom. The minimum atomic E-state index is 0.234. The first-order valence-corrected chi connectivity index (χ1v) is 7.02. The van der Waals surface area contributed by atoms with Crippen LogP contribution in [0.5, 0.6) is 0 Å². The molecule has 2 aromatic heterocycles.